The average Bonchev–Trinajstić information content (AvgIpc) is 2.95. The van der Waals surface area contributed by atoms with Crippen LogP contribution in [0.1, 0.15) is 67.4 Å². The zero-order chi connectivity index (χ0) is 28.0. The molecule has 0 atom stereocenters. The van der Waals surface area contributed by atoms with Gasteiger partial charge >= 0.3 is 0 Å². The third-order valence-corrected chi connectivity index (χ3v) is 6.71. The van der Waals surface area contributed by atoms with Crippen LogP contribution in [0.25, 0.3) is 11.1 Å². The van der Waals surface area contributed by atoms with Crippen LogP contribution in [0.5, 0.6) is 5.75 Å². The summed E-state index contributed by atoms with van der Waals surface area (Å²) < 4.78 is 5.65. The fourth-order valence-electron chi connectivity index (χ4n) is 4.44. The van der Waals surface area contributed by atoms with Gasteiger partial charge in [0, 0.05) is 50.0 Å². The van der Waals surface area contributed by atoms with Crippen LogP contribution in [0, 0.1) is 0 Å². The predicted octanol–water partition coefficient (Wildman–Crippen LogP) is 4.34. The summed E-state index contributed by atoms with van der Waals surface area (Å²) in [4.78, 5) is 34.1. The van der Waals surface area contributed by atoms with Gasteiger partial charge in [-0.05, 0) is 60.2 Å². The molecule has 9 heteroatoms. The Hall–Kier alpha value is -4.01. The van der Waals surface area contributed by atoms with Crippen molar-refractivity contribution in [3.63, 3.8) is 0 Å². The first-order chi connectivity index (χ1) is 18.7. The van der Waals surface area contributed by atoms with Crippen LogP contribution in [-0.2, 0) is 5.41 Å². The van der Waals surface area contributed by atoms with Crippen molar-refractivity contribution in [1.29, 1.82) is 0 Å². The Morgan fingerprint density at radius 3 is 2.36 bits per heavy atom. The maximum atomic E-state index is 13.7. The summed E-state index contributed by atoms with van der Waals surface area (Å²) in [6, 6.07) is 11.6. The number of nitrogens with zero attached hydrogens (tertiary/aromatic N) is 5. The van der Waals surface area contributed by atoms with E-state index in [1.165, 1.54) is 0 Å². The quantitative estimate of drug-likeness (QED) is 0.462. The lowest BCUT2D eigenvalue weighted by Crippen LogP contribution is -2.49. The molecule has 1 N–H and O–H groups in total. The number of amides is 2. The first-order valence-electron chi connectivity index (χ1n) is 13.6. The number of hydrogen-bond donors (Lipinski definition) is 1. The smallest absolute Gasteiger partial charge is 0.271 e. The molecular formula is C30H38N6O3. The van der Waals surface area contributed by atoms with Gasteiger partial charge < -0.3 is 19.9 Å². The fourth-order valence-corrected chi connectivity index (χ4v) is 4.44. The van der Waals surface area contributed by atoms with E-state index in [-0.39, 0.29) is 17.2 Å². The lowest BCUT2D eigenvalue weighted by molar-refractivity contribution is 0.0746. The summed E-state index contributed by atoms with van der Waals surface area (Å²) >= 11 is 0. The molecule has 1 aliphatic rings. The summed E-state index contributed by atoms with van der Waals surface area (Å²) in [5.41, 5.74) is 3.77. The highest BCUT2D eigenvalue weighted by molar-refractivity contribution is 5.96. The number of hydrogen-bond acceptors (Lipinski definition) is 7. The highest BCUT2D eigenvalue weighted by Crippen LogP contribution is 2.31. The molecule has 1 fully saturated rings. The van der Waals surface area contributed by atoms with E-state index in [2.05, 4.69) is 52.2 Å². The predicted molar refractivity (Wildman–Crippen MR) is 152 cm³/mol. The molecule has 0 unspecified atom stereocenters. The third-order valence-electron chi connectivity index (χ3n) is 6.71. The van der Waals surface area contributed by atoms with Crippen molar-refractivity contribution < 1.29 is 14.3 Å². The molecule has 2 aromatic heterocycles. The molecule has 206 valence electrons. The standard InChI is InChI=1S/C30H38N6O3/c1-6-10-32-28(37)26-8-9-27(34-33-26)35-11-13-36(14-12-35)29(38)22-15-21(16-24(17-22)30(3,4)5)23-18-25(39-7-2)20-31-19-23/h8-9,15-20H,6-7,10-14H2,1-5H3,(H,32,37). The molecule has 0 spiro atoms. The van der Waals surface area contributed by atoms with Crippen LogP contribution in [0.3, 0.4) is 0 Å². The van der Waals surface area contributed by atoms with Gasteiger partial charge in [-0.25, -0.2) is 0 Å². The van der Waals surface area contributed by atoms with E-state index in [0.29, 0.717) is 62.2 Å². The molecule has 9 nitrogen and oxygen atoms in total. The number of rotatable bonds is 8. The Morgan fingerprint density at radius 1 is 0.949 bits per heavy atom. The van der Waals surface area contributed by atoms with Gasteiger partial charge in [0.05, 0.1) is 12.8 Å². The normalized spacial score (nSPS) is 13.8. The van der Waals surface area contributed by atoms with E-state index in [4.69, 9.17) is 4.74 Å². The van der Waals surface area contributed by atoms with Gasteiger partial charge in [-0.2, -0.15) is 0 Å². The molecule has 0 bridgehead atoms. The van der Waals surface area contributed by atoms with E-state index in [9.17, 15) is 9.59 Å². The van der Waals surface area contributed by atoms with E-state index in [1.54, 1.807) is 18.5 Å². The van der Waals surface area contributed by atoms with Crippen molar-refractivity contribution in [3.05, 3.63) is 65.6 Å². The minimum Gasteiger partial charge on any atom is -0.492 e. The minimum atomic E-state index is -0.219. The number of carbonyl (C=O) groups is 2. The number of ether oxygens (including phenoxy) is 1. The molecule has 0 aliphatic carbocycles. The average molecular weight is 531 g/mol. The molecule has 1 aromatic carbocycles. The fraction of sp³-hybridized carbons (Fsp3) is 0.433. The van der Waals surface area contributed by atoms with Crippen LogP contribution < -0.4 is 15.0 Å². The van der Waals surface area contributed by atoms with Gasteiger partial charge in [-0.3, -0.25) is 14.6 Å². The number of anilines is 1. The van der Waals surface area contributed by atoms with E-state index >= 15 is 0 Å². The maximum absolute atomic E-state index is 13.7. The van der Waals surface area contributed by atoms with E-state index in [1.807, 2.05) is 43.0 Å². The van der Waals surface area contributed by atoms with Gasteiger partial charge in [0.25, 0.3) is 11.8 Å². The van der Waals surface area contributed by atoms with Gasteiger partial charge in [0.1, 0.15) is 5.75 Å². The molecule has 2 amide bonds. The molecule has 1 aliphatic heterocycles. The van der Waals surface area contributed by atoms with Crippen molar-refractivity contribution in [2.45, 2.75) is 46.5 Å². The molecule has 3 heterocycles. The molecular weight excluding hydrogens is 492 g/mol. The van der Waals surface area contributed by atoms with Gasteiger partial charge in [0.2, 0.25) is 0 Å². The van der Waals surface area contributed by atoms with Crippen LogP contribution in [0.15, 0.2) is 48.8 Å². The number of carbonyl (C=O) groups excluding carboxylic acids is 2. The largest absolute Gasteiger partial charge is 0.492 e. The number of pyridine rings is 1. The molecule has 1 saturated heterocycles. The van der Waals surface area contributed by atoms with E-state index < -0.39 is 0 Å². The van der Waals surface area contributed by atoms with Crippen molar-refractivity contribution >= 4 is 17.6 Å². The SMILES string of the molecule is CCCNC(=O)c1ccc(N2CCN(C(=O)c3cc(-c4cncc(OCC)c4)cc(C(C)(C)C)c3)CC2)nn1. The second kappa shape index (κ2) is 12.2. The molecule has 4 rings (SSSR count). The molecule has 0 saturated carbocycles. The number of nitrogens with one attached hydrogen (secondary N) is 1. The number of piperazine rings is 1. The summed E-state index contributed by atoms with van der Waals surface area (Å²) in [5, 5.41) is 11.2. The van der Waals surface area contributed by atoms with Gasteiger partial charge in [0.15, 0.2) is 11.5 Å². The Labute approximate surface area is 230 Å². The highest BCUT2D eigenvalue weighted by Gasteiger charge is 2.25. The van der Waals surface area contributed by atoms with Crippen LogP contribution in [-0.4, -0.2) is 71.2 Å². The zero-order valence-electron chi connectivity index (χ0n) is 23.5. The molecule has 39 heavy (non-hydrogen) atoms. The summed E-state index contributed by atoms with van der Waals surface area (Å²) in [7, 11) is 0. The first kappa shape index (κ1) is 28.0. The lowest BCUT2D eigenvalue weighted by Gasteiger charge is -2.35. The van der Waals surface area contributed by atoms with Gasteiger partial charge in [-0.1, -0.05) is 33.8 Å². The Balaban J connectivity index is 1.49. The maximum Gasteiger partial charge on any atom is 0.271 e. The Bertz CT molecular complexity index is 1290. The van der Waals surface area contributed by atoms with Crippen molar-refractivity contribution in [1.82, 2.24) is 25.4 Å². The lowest BCUT2D eigenvalue weighted by atomic mass is 9.84. The van der Waals surface area contributed by atoms with Crippen LogP contribution >= 0.6 is 0 Å². The third kappa shape index (κ3) is 6.90. The minimum absolute atomic E-state index is 0.00458. The second-order valence-corrected chi connectivity index (χ2v) is 10.7. The van der Waals surface area contributed by atoms with Crippen LogP contribution in [0.4, 0.5) is 5.82 Å². The number of benzene rings is 1. The summed E-state index contributed by atoms with van der Waals surface area (Å²) in [6.07, 6.45) is 4.36. The van der Waals surface area contributed by atoms with Crippen molar-refractivity contribution in [2.75, 3.05) is 44.2 Å². The monoisotopic (exact) mass is 530 g/mol. The number of aromatic nitrogens is 3. The Morgan fingerprint density at radius 2 is 1.72 bits per heavy atom. The van der Waals surface area contributed by atoms with E-state index in [0.717, 1.165) is 23.1 Å². The summed E-state index contributed by atoms with van der Waals surface area (Å²) in [5.74, 6) is 1.19. The second-order valence-electron chi connectivity index (χ2n) is 10.7. The molecule has 3 aromatic rings. The molecule has 0 radical (unpaired) electrons. The van der Waals surface area contributed by atoms with Crippen LogP contribution in [0.2, 0.25) is 0 Å². The van der Waals surface area contributed by atoms with Crippen molar-refractivity contribution in [2.24, 2.45) is 0 Å². The van der Waals surface area contributed by atoms with Crippen molar-refractivity contribution in [3.8, 4) is 16.9 Å². The zero-order valence-corrected chi connectivity index (χ0v) is 23.5. The summed E-state index contributed by atoms with van der Waals surface area (Å²) in [6.45, 7) is 13.9. The highest BCUT2D eigenvalue weighted by atomic mass is 16.5. The topological polar surface area (TPSA) is 101 Å². The first-order valence-corrected chi connectivity index (χ1v) is 13.6. The Kier molecular flexibility index (Phi) is 8.79. The van der Waals surface area contributed by atoms with Gasteiger partial charge in [-0.15, -0.1) is 10.2 Å².